The SMILES string of the molecule is O=C(NC1CCNCC1)C1CSCN1C(=O)c1ccc(Cl)cc1. The van der Waals surface area contributed by atoms with E-state index in [1.807, 2.05) is 0 Å². The molecule has 2 fully saturated rings. The zero-order valence-corrected chi connectivity index (χ0v) is 14.3. The van der Waals surface area contributed by atoms with Gasteiger partial charge in [-0.1, -0.05) is 11.6 Å². The Hall–Kier alpha value is -1.24. The molecule has 1 atom stereocenters. The van der Waals surface area contributed by atoms with Crippen molar-refractivity contribution in [2.75, 3.05) is 24.7 Å². The van der Waals surface area contributed by atoms with E-state index in [2.05, 4.69) is 10.6 Å². The molecule has 2 aliphatic heterocycles. The van der Waals surface area contributed by atoms with Crippen LogP contribution in [0.2, 0.25) is 5.02 Å². The van der Waals surface area contributed by atoms with Crippen molar-refractivity contribution in [1.29, 1.82) is 0 Å². The number of thioether (sulfide) groups is 1. The van der Waals surface area contributed by atoms with Crippen LogP contribution in [-0.2, 0) is 4.79 Å². The van der Waals surface area contributed by atoms with Crippen molar-refractivity contribution in [1.82, 2.24) is 15.5 Å². The highest BCUT2D eigenvalue weighted by molar-refractivity contribution is 7.99. The molecule has 5 nitrogen and oxygen atoms in total. The molecule has 3 rings (SSSR count). The van der Waals surface area contributed by atoms with Crippen molar-refractivity contribution in [2.45, 2.75) is 24.9 Å². The Labute approximate surface area is 145 Å². The number of carbonyl (C=O) groups is 2. The monoisotopic (exact) mass is 353 g/mol. The van der Waals surface area contributed by atoms with Gasteiger partial charge < -0.3 is 15.5 Å². The van der Waals surface area contributed by atoms with E-state index < -0.39 is 6.04 Å². The van der Waals surface area contributed by atoms with Gasteiger partial charge in [-0.25, -0.2) is 0 Å². The number of nitrogens with zero attached hydrogens (tertiary/aromatic N) is 1. The van der Waals surface area contributed by atoms with E-state index in [9.17, 15) is 9.59 Å². The number of hydrogen-bond donors (Lipinski definition) is 2. The zero-order valence-electron chi connectivity index (χ0n) is 12.8. The van der Waals surface area contributed by atoms with E-state index in [1.54, 1.807) is 40.9 Å². The molecule has 2 heterocycles. The zero-order chi connectivity index (χ0) is 16.2. The number of piperidine rings is 1. The fraction of sp³-hybridized carbons (Fsp3) is 0.500. The fourth-order valence-electron chi connectivity index (χ4n) is 2.88. The van der Waals surface area contributed by atoms with E-state index in [1.165, 1.54) is 0 Å². The van der Waals surface area contributed by atoms with E-state index in [0.717, 1.165) is 25.9 Å². The topological polar surface area (TPSA) is 61.4 Å². The molecule has 0 radical (unpaired) electrons. The second-order valence-electron chi connectivity index (χ2n) is 5.83. The Morgan fingerprint density at radius 3 is 2.61 bits per heavy atom. The number of rotatable bonds is 3. The molecule has 2 N–H and O–H groups in total. The van der Waals surface area contributed by atoms with Gasteiger partial charge >= 0.3 is 0 Å². The number of hydrogen-bond acceptors (Lipinski definition) is 4. The summed E-state index contributed by atoms with van der Waals surface area (Å²) in [5.74, 6) is 1.04. The first-order valence-electron chi connectivity index (χ1n) is 7.80. The van der Waals surface area contributed by atoms with Gasteiger partial charge in [0.25, 0.3) is 5.91 Å². The van der Waals surface area contributed by atoms with Gasteiger partial charge in [-0.05, 0) is 50.2 Å². The van der Waals surface area contributed by atoms with Crippen LogP contribution in [0.1, 0.15) is 23.2 Å². The lowest BCUT2D eigenvalue weighted by Crippen LogP contribution is -2.51. The maximum Gasteiger partial charge on any atom is 0.255 e. The first-order valence-corrected chi connectivity index (χ1v) is 9.34. The summed E-state index contributed by atoms with van der Waals surface area (Å²) in [6.45, 7) is 1.86. The van der Waals surface area contributed by atoms with Crippen LogP contribution in [0.25, 0.3) is 0 Å². The number of amides is 2. The standard InChI is InChI=1S/C16H20ClN3O2S/c17-12-3-1-11(2-4-12)16(22)20-10-23-9-14(20)15(21)19-13-5-7-18-8-6-13/h1-4,13-14,18H,5-10H2,(H,19,21). The Kier molecular flexibility index (Phi) is 5.46. The van der Waals surface area contributed by atoms with Gasteiger partial charge in [-0.2, -0.15) is 0 Å². The van der Waals surface area contributed by atoms with Gasteiger partial charge in [-0.15, -0.1) is 11.8 Å². The molecule has 0 aromatic heterocycles. The Morgan fingerprint density at radius 2 is 1.91 bits per heavy atom. The molecule has 1 unspecified atom stereocenters. The summed E-state index contributed by atoms with van der Waals surface area (Å²) in [5, 5.41) is 6.97. The predicted octanol–water partition coefficient (Wildman–Crippen LogP) is 1.72. The average molecular weight is 354 g/mol. The number of carbonyl (C=O) groups excluding carboxylic acids is 2. The molecule has 0 saturated carbocycles. The Balaban J connectivity index is 1.65. The summed E-state index contributed by atoms with van der Waals surface area (Å²) in [7, 11) is 0. The summed E-state index contributed by atoms with van der Waals surface area (Å²) < 4.78 is 0. The normalized spacial score (nSPS) is 22.1. The van der Waals surface area contributed by atoms with E-state index in [-0.39, 0.29) is 17.9 Å². The highest BCUT2D eigenvalue weighted by Gasteiger charge is 2.35. The smallest absolute Gasteiger partial charge is 0.255 e. The van der Waals surface area contributed by atoms with Gasteiger partial charge in [0.1, 0.15) is 6.04 Å². The van der Waals surface area contributed by atoms with Crippen molar-refractivity contribution in [2.24, 2.45) is 0 Å². The van der Waals surface area contributed by atoms with E-state index >= 15 is 0 Å². The van der Waals surface area contributed by atoms with Gasteiger partial charge in [0.05, 0.1) is 5.88 Å². The summed E-state index contributed by atoms with van der Waals surface area (Å²) >= 11 is 7.48. The largest absolute Gasteiger partial charge is 0.351 e. The lowest BCUT2D eigenvalue weighted by molar-refractivity contribution is -0.125. The second-order valence-corrected chi connectivity index (χ2v) is 7.27. The summed E-state index contributed by atoms with van der Waals surface area (Å²) in [6.07, 6.45) is 1.88. The molecule has 0 aliphatic carbocycles. The molecule has 2 saturated heterocycles. The highest BCUT2D eigenvalue weighted by atomic mass is 35.5. The number of benzene rings is 1. The fourth-order valence-corrected chi connectivity index (χ4v) is 4.16. The lowest BCUT2D eigenvalue weighted by Gasteiger charge is -2.28. The molecule has 124 valence electrons. The highest BCUT2D eigenvalue weighted by Crippen LogP contribution is 2.24. The maximum atomic E-state index is 12.6. The van der Waals surface area contributed by atoms with Crippen LogP contribution in [0.15, 0.2) is 24.3 Å². The van der Waals surface area contributed by atoms with Crippen molar-refractivity contribution < 1.29 is 9.59 Å². The molecule has 2 aliphatic rings. The van der Waals surface area contributed by atoms with Crippen molar-refractivity contribution in [3.8, 4) is 0 Å². The van der Waals surface area contributed by atoms with Crippen molar-refractivity contribution >= 4 is 35.2 Å². The Bertz CT molecular complexity index is 575. The number of halogens is 1. The quantitative estimate of drug-likeness (QED) is 0.868. The summed E-state index contributed by atoms with van der Waals surface area (Å²) in [5.41, 5.74) is 0.566. The molecular formula is C16H20ClN3O2S. The van der Waals surface area contributed by atoms with Crippen molar-refractivity contribution in [3.05, 3.63) is 34.9 Å². The second kappa shape index (κ2) is 7.55. The first kappa shape index (κ1) is 16.6. The van der Waals surface area contributed by atoms with Crippen LogP contribution in [-0.4, -0.2) is 53.5 Å². The van der Waals surface area contributed by atoms with Crippen molar-refractivity contribution in [3.63, 3.8) is 0 Å². The molecular weight excluding hydrogens is 334 g/mol. The van der Waals surface area contributed by atoms with Crippen LogP contribution in [0.3, 0.4) is 0 Å². The first-order chi connectivity index (χ1) is 11.1. The van der Waals surface area contributed by atoms with Crippen LogP contribution in [0, 0.1) is 0 Å². The minimum atomic E-state index is -0.391. The van der Waals surface area contributed by atoms with Crippen LogP contribution in [0.5, 0.6) is 0 Å². The third-order valence-corrected chi connectivity index (χ3v) is 5.49. The minimum absolute atomic E-state index is 0.0378. The molecule has 1 aromatic carbocycles. The lowest BCUT2D eigenvalue weighted by atomic mass is 10.1. The maximum absolute atomic E-state index is 12.6. The molecule has 0 spiro atoms. The molecule has 1 aromatic rings. The van der Waals surface area contributed by atoms with Crippen LogP contribution < -0.4 is 10.6 Å². The third kappa shape index (κ3) is 4.00. The molecule has 2 amide bonds. The van der Waals surface area contributed by atoms with Gasteiger partial charge in [-0.3, -0.25) is 9.59 Å². The van der Waals surface area contributed by atoms with Gasteiger partial charge in [0, 0.05) is 22.4 Å². The summed E-state index contributed by atoms with van der Waals surface area (Å²) in [4.78, 5) is 26.9. The minimum Gasteiger partial charge on any atom is -0.351 e. The van der Waals surface area contributed by atoms with Gasteiger partial charge in [0.2, 0.25) is 5.91 Å². The van der Waals surface area contributed by atoms with E-state index in [0.29, 0.717) is 22.2 Å². The Morgan fingerprint density at radius 1 is 1.22 bits per heavy atom. The summed E-state index contributed by atoms with van der Waals surface area (Å²) in [6, 6.07) is 6.62. The molecule has 0 bridgehead atoms. The predicted molar refractivity (Wildman–Crippen MR) is 92.8 cm³/mol. The van der Waals surface area contributed by atoms with Gasteiger partial charge in [0.15, 0.2) is 0 Å². The van der Waals surface area contributed by atoms with Crippen LogP contribution in [0.4, 0.5) is 0 Å². The van der Waals surface area contributed by atoms with Crippen LogP contribution >= 0.6 is 23.4 Å². The molecule has 7 heteroatoms. The number of nitrogens with one attached hydrogen (secondary N) is 2. The third-order valence-electron chi connectivity index (χ3n) is 4.22. The van der Waals surface area contributed by atoms with E-state index in [4.69, 9.17) is 11.6 Å². The average Bonchev–Trinajstić information content (AvgIpc) is 3.05. The molecule has 23 heavy (non-hydrogen) atoms.